The van der Waals surface area contributed by atoms with Crippen molar-refractivity contribution in [3.05, 3.63) is 0 Å². The number of carbonyl (C=O) groups excluding carboxylic acids is 2. The number of hydrogen-bond acceptors (Lipinski definition) is 4. The van der Waals surface area contributed by atoms with E-state index in [0.29, 0.717) is 37.0 Å². The summed E-state index contributed by atoms with van der Waals surface area (Å²) < 4.78 is 0. The Bertz CT molecular complexity index is 710. The van der Waals surface area contributed by atoms with Gasteiger partial charge < -0.3 is 14.9 Å². The van der Waals surface area contributed by atoms with Gasteiger partial charge in [-0.15, -0.1) is 0 Å². The van der Waals surface area contributed by atoms with Gasteiger partial charge in [-0.1, -0.05) is 0 Å². The van der Waals surface area contributed by atoms with Gasteiger partial charge in [0, 0.05) is 30.7 Å². The summed E-state index contributed by atoms with van der Waals surface area (Å²) in [6.45, 7) is 6.78. The number of nitrogens with zero attached hydrogens (tertiary/aromatic N) is 3. The Balaban J connectivity index is 1.39. The summed E-state index contributed by atoms with van der Waals surface area (Å²) in [5.41, 5.74) is -0.517. The van der Waals surface area contributed by atoms with Gasteiger partial charge in [-0.3, -0.25) is 14.5 Å². The number of rotatable bonds is 5. The van der Waals surface area contributed by atoms with Gasteiger partial charge >= 0.3 is 0 Å². The van der Waals surface area contributed by atoms with E-state index in [1.54, 1.807) is 0 Å². The Morgan fingerprint density at radius 2 is 1.31 bits per heavy atom. The molecule has 0 aromatic heterocycles. The average Bonchev–Trinajstić information content (AvgIpc) is 3.50. The van der Waals surface area contributed by atoms with Gasteiger partial charge in [-0.05, 0) is 103 Å². The van der Waals surface area contributed by atoms with E-state index in [9.17, 15) is 14.7 Å². The van der Waals surface area contributed by atoms with Crippen LogP contribution in [0.4, 0.5) is 0 Å². The summed E-state index contributed by atoms with van der Waals surface area (Å²) in [5.74, 6) is 1.45. The van der Waals surface area contributed by atoms with Crippen LogP contribution in [-0.4, -0.2) is 81.0 Å². The summed E-state index contributed by atoms with van der Waals surface area (Å²) in [6.07, 6.45) is 12.5. The van der Waals surface area contributed by atoms with Gasteiger partial charge in [0.15, 0.2) is 0 Å². The van der Waals surface area contributed by atoms with Gasteiger partial charge in [-0.25, -0.2) is 0 Å². The molecule has 6 nitrogen and oxygen atoms in total. The Morgan fingerprint density at radius 3 is 1.78 bits per heavy atom. The molecule has 1 N–H and O–H groups in total. The van der Waals surface area contributed by atoms with Crippen LogP contribution in [0.5, 0.6) is 0 Å². The fraction of sp³-hybridized carbons (Fsp3) is 0.923. The molecule has 5 aliphatic rings. The highest BCUT2D eigenvalue weighted by atomic mass is 16.3. The van der Waals surface area contributed by atoms with Gasteiger partial charge in [0.1, 0.15) is 0 Å². The Hall–Kier alpha value is -1.14. The molecule has 0 radical (unpaired) electrons. The Morgan fingerprint density at radius 1 is 0.812 bits per heavy atom. The lowest BCUT2D eigenvalue weighted by molar-refractivity contribution is -0.140. The summed E-state index contributed by atoms with van der Waals surface area (Å²) in [6, 6.07) is 0.629. The first kappa shape index (κ1) is 22.6. The minimum Gasteiger partial charge on any atom is -0.390 e. The van der Waals surface area contributed by atoms with Crippen LogP contribution < -0.4 is 0 Å². The number of fused-ring (bicyclic) bond motifs is 4. The van der Waals surface area contributed by atoms with E-state index < -0.39 is 5.60 Å². The highest BCUT2D eigenvalue weighted by Gasteiger charge is 2.53. The van der Waals surface area contributed by atoms with E-state index in [0.717, 1.165) is 90.1 Å². The van der Waals surface area contributed by atoms with Crippen LogP contribution in [0.25, 0.3) is 0 Å². The SMILES string of the molecule is CC1CCCN1C(=O)CN(CC(=O)N1CCCC1C)C12CCC(CC3(O)CCC(C3)C1)C2. The van der Waals surface area contributed by atoms with Crippen LogP contribution in [0.15, 0.2) is 0 Å². The van der Waals surface area contributed by atoms with Crippen molar-refractivity contribution in [3.63, 3.8) is 0 Å². The normalized spacial score (nSPS) is 41.4. The van der Waals surface area contributed by atoms with Crippen molar-refractivity contribution < 1.29 is 14.7 Å². The molecule has 5 fully saturated rings. The van der Waals surface area contributed by atoms with Gasteiger partial charge in [-0.2, -0.15) is 0 Å². The number of hydrogen-bond donors (Lipinski definition) is 1. The van der Waals surface area contributed by atoms with Crippen molar-refractivity contribution in [2.75, 3.05) is 26.2 Å². The first-order valence-electron chi connectivity index (χ1n) is 13.3. The van der Waals surface area contributed by atoms with E-state index in [-0.39, 0.29) is 17.4 Å². The van der Waals surface area contributed by atoms with Crippen LogP contribution in [0.1, 0.15) is 90.9 Å². The largest absolute Gasteiger partial charge is 0.390 e. The molecule has 6 heteroatoms. The van der Waals surface area contributed by atoms with E-state index >= 15 is 0 Å². The molecule has 0 spiro atoms. The maximum absolute atomic E-state index is 13.4. The fourth-order valence-corrected chi connectivity index (χ4v) is 8.15. The zero-order valence-corrected chi connectivity index (χ0v) is 20.2. The van der Waals surface area contributed by atoms with Crippen molar-refractivity contribution in [1.29, 1.82) is 0 Å². The van der Waals surface area contributed by atoms with Crippen molar-refractivity contribution in [2.45, 2.75) is 114 Å². The molecule has 3 aliphatic carbocycles. The fourth-order valence-electron chi connectivity index (χ4n) is 8.15. The molecule has 2 saturated heterocycles. The molecular formula is C26H43N3O3. The highest BCUT2D eigenvalue weighted by molar-refractivity contribution is 5.82. The molecule has 2 aliphatic heterocycles. The monoisotopic (exact) mass is 445 g/mol. The molecule has 2 heterocycles. The molecule has 6 atom stereocenters. The summed E-state index contributed by atoms with van der Waals surface area (Å²) in [4.78, 5) is 33.3. The van der Waals surface area contributed by atoms with Crippen LogP contribution in [0.3, 0.4) is 0 Å². The molecule has 0 aromatic carbocycles. The molecule has 32 heavy (non-hydrogen) atoms. The number of aliphatic hydroxyl groups is 1. The van der Waals surface area contributed by atoms with Gasteiger partial charge in [0.2, 0.25) is 11.8 Å². The van der Waals surface area contributed by atoms with E-state index in [1.807, 2.05) is 0 Å². The maximum atomic E-state index is 13.4. The third kappa shape index (κ3) is 4.22. The van der Waals surface area contributed by atoms with Gasteiger partial charge in [0.05, 0.1) is 18.7 Å². The average molecular weight is 446 g/mol. The van der Waals surface area contributed by atoms with Crippen LogP contribution in [0, 0.1) is 11.8 Å². The zero-order chi connectivity index (χ0) is 22.5. The predicted molar refractivity (Wildman–Crippen MR) is 124 cm³/mol. The predicted octanol–water partition coefficient (Wildman–Crippen LogP) is 3.17. The minimum atomic E-state index is -0.460. The molecule has 6 unspecified atom stereocenters. The second kappa shape index (κ2) is 8.57. The lowest BCUT2D eigenvalue weighted by Gasteiger charge is -2.45. The molecule has 4 bridgehead atoms. The minimum absolute atomic E-state index is 0.0573. The second-order valence-corrected chi connectivity index (χ2v) is 12.1. The van der Waals surface area contributed by atoms with Crippen LogP contribution in [0.2, 0.25) is 0 Å². The van der Waals surface area contributed by atoms with Crippen LogP contribution in [-0.2, 0) is 9.59 Å². The number of likely N-dealkylation sites (tertiary alicyclic amines) is 2. The van der Waals surface area contributed by atoms with E-state index in [1.165, 1.54) is 0 Å². The molecule has 2 amide bonds. The second-order valence-electron chi connectivity index (χ2n) is 12.1. The topological polar surface area (TPSA) is 64.1 Å². The standard InChI is InChI=1S/C26H43N3O3/c1-19-5-3-11-28(19)23(30)17-27(18-24(31)29-12-4-6-20(29)2)25-9-7-21(13-25)15-26(32)10-8-22(14-25)16-26/h19-22,32H,3-18H2,1-2H3. The molecule has 180 valence electrons. The highest BCUT2D eigenvalue weighted by Crippen LogP contribution is 2.54. The molecule has 5 rings (SSSR count). The summed E-state index contributed by atoms with van der Waals surface area (Å²) in [7, 11) is 0. The summed E-state index contributed by atoms with van der Waals surface area (Å²) >= 11 is 0. The molecule has 3 saturated carbocycles. The number of amides is 2. The van der Waals surface area contributed by atoms with Crippen molar-refractivity contribution in [2.24, 2.45) is 11.8 Å². The van der Waals surface area contributed by atoms with E-state index in [4.69, 9.17) is 0 Å². The third-order valence-corrected chi connectivity index (χ3v) is 9.78. The van der Waals surface area contributed by atoms with Crippen molar-refractivity contribution in [3.8, 4) is 0 Å². The quantitative estimate of drug-likeness (QED) is 0.706. The first-order valence-corrected chi connectivity index (χ1v) is 13.3. The van der Waals surface area contributed by atoms with Gasteiger partial charge in [0.25, 0.3) is 0 Å². The molecular weight excluding hydrogens is 402 g/mol. The third-order valence-electron chi connectivity index (χ3n) is 9.78. The lowest BCUT2D eigenvalue weighted by atomic mass is 9.77. The lowest BCUT2D eigenvalue weighted by Crippen LogP contribution is -2.56. The maximum Gasteiger partial charge on any atom is 0.237 e. The molecule has 0 aromatic rings. The first-order chi connectivity index (χ1) is 15.3. The summed E-state index contributed by atoms with van der Waals surface area (Å²) in [5, 5.41) is 11.1. The smallest absolute Gasteiger partial charge is 0.237 e. The van der Waals surface area contributed by atoms with Crippen molar-refractivity contribution in [1.82, 2.24) is 14.7 Å². The zero-order valence-electron chi connectivity index (χ0n) is 20.2. The van der Waals surface area contributed by atoms with Crippen molar-refractivity contribution >= 4 is 11.8 Å². The van der Waals surface area contributed by atoms with E-state index in [2.05, 4.69) is 28.5 Å². The number of carbonyl (C=O) groups is 2. The van der Waals surface area contributed by atoms with Crippen LogP contribution >= 0.6 is 0 Å². The Labute approximate surface area is 193 Å². The Kier molecular flexibility index (Phi) is 6.07.